The van der Waals surface area contributed by atoms with Crippen molar-refractivity contribution in [2.45, 2.75) is 13.8 Å². The summed E-state index contributed by atoms with van der Waals surface area (Å²) < 4.78 is 21.9. The lowest BCUT2D eigenvalue weighted by Gasteiger charge is -2.15. The topological polar surface area (TPSA) is 141 Å². The molecule has 2 aromatic carbocycles. The van der Waals surface area contributed by atoms with E-state index >= 15 is 0 Å². The van der Waals surface area contributed by atoms with Crippen LogP contribution < -0.4 is 14.8 Å². The van der Waals surface area contributed by atoms with Gasteiger partial charge in [0.2, 0.25) is 0 Å². The number of carbonyl (C=O) groups is 3. The van der Waals surface area contributed by atoms with Gasteiger partial charge in [-0.25, -0.2) is 9.59 Å². The molecule has 0 aliphatic rings. The smallest absolute Gasteiger partial charge is 0.335 e. The first-order valence-corrected chi connectivity index (χ1v) is 10.3. The summed E-state index contributed by atoms with van der Waals surface area (Å²) in [6, 6.07) is 7.94. The number of aromatic carboxylic acids is 2. The van der Waals surface area contributed by atoms with Crippen molar-refractivity contribution in [3.63, 3.8) is 0 Å². The first kappa shape index (κ1) is 25.6. The van der Waals surface area contributed by atoms with Crippen molar-refractivity contribution < 1.29 is 43.5 Å². The first-order valence-electron chi connectivity index (χ1n) is 10.3. The van der Waals surface area contributed by atoms with E-state index in [0.717, 1.165) is 6.07 Å². The van der Waals surface area contributed by atoms with Crippen molar-refractivity contribution >= 4 is 23.5 Å². The summed E-state index contributed by atoms with van der Waals surface area (Å²) in [7, 11) is 0. The molecule has 0 unspecified atom stereocenters. The minimum absolute atomic E-state index is 0.0353. The zero-order chi connectivity index (χ0) is 24.2. The zero-order valence-corrected chi connectivity index (χ0v) is 18.5. The third-order valence-corrected chi connectivity index (χ3v) is 4.27. The molecule has 1 amide bonds. The van der Waals surface area contributed by atoms with Crippen LogP contribution in [-0.4, -0.2) is 67.7 Å². The standard InChI is InChI=1S/C23H27NO9/c1-3-30-7-9-32-19-6-5-15(14-20(19)33-10-8-31-4-2)21(25)24-18-12-16(22(26)27)11-17(13-18)23(28)29/h5-6,11-14H,3-4,7-10H2,1-2H3,(H,24,25)(H,26,27)(H,28,29). The van der Waals surface area contributed by atoms with E-state index < -0.39 is 17.8 Å². The highest BCUT2D eigenvalue weighted by Crippen LogP contribution is 2.29. The molecule has 0 saturated heterocycles. The van der Waals surface area contributed by atoms with Gasteiger partial charge in [0.05, 0.1) is 24.3 Å². The molecule has 2 aromatic rings. The maximum absolute atomic E-state index is 12.8. The number of carbonyl (C=O) groups excluding carboxylic acids is 1. The highest BCUT2D eigenvalue weighted by Gasteiger charge is 2.16. The van der Waals surface area contributed by atoms with E-state index in [0.29, 0.717) is 44.5 Å². The number of hydrogen-bond donors (Lipinski definition) is 3. The van der Waals surface area contributed by atoms with Crippen LogP contribution in [0.15, 0.2) is 36.4 Å². The van der Waals surface area contributed by atoms with Gasteiger partial charge in [-0.15, -0.1) is 0 Å². The van der Waals surface area contributed by atoms with Gasteiger partial charge in [0.1, 0.15) is 13.2 Å². The van der Waals surface area contributed by atoms with Crippen LogP contribution in [0.1, 0.15) is 44.9 Å². The predicted octanol–water partition coefficient (Wildman–Crippen LogP) is 3.17. The molecule has 0 atom stereocenters. The molecule has 0 heterocycles. The lowest BCUT2D eigenvalue weighted by molar-refractivity contribution is 0.0696. The zero-order valence-electron chi connectivity index (χ0n) is 18.5. The van der Waals surface area contributed by atoms with Crippen LogP contribution in [0.4, 0.5) is 5.69 Å². The number of carboxylic acids is 2. The second-order valence-electron chi connectivity index (χ2n) is 6.62. The Morgan fingerprint density at radius 1 is 0.727 bits per heavy atom. The number of rotatable bonds is 14. The van der Waals surface area contributed by atoms with Gasteiger partial charge < -0.3 is 34.5 Å². The molecule has 0 radical (unpaired) electrons. The second kappa shape index (κ2) is 13.0. The quantitative estimate of drug-likeness (QED) is 0.362. The Bertz CT molecular complexity index is 942. The number of benzene rings is 2. The number of amides is 1. The second-order valence-corrected chi connectivity index (χ2v) is 6.62. The molecule has 10 heteroatoms. The van der Waals surface area contributed by atoms with E-state index in [2.05, 4.69) is 5.32 Å². The Morgan fingerprint density at radius 2 is 1.27 bits per heavy atom. The SMILES string of the molecule is CCOCCOc1ccc(C(=O)Nc2cc(C(=O)O)cc(C(=O)O)c2)cc1OCCOCC. The Morgan fingerprint density at radius 3 is 1.79 bits per heavy atom. The molecule has 0 aliphatic heterocycles. The Kier molecular flexibility index (Phi) is 10.1. The van der Waals surface area contributed by atoms with Crippen LogP contribution in [0.3, 0.4) is 0 Å². The number of anilines is 1. The van der Waals surface area contributed by atoms with E-state index in [4.69, 9.17) is 18.9 Å². The van der Waals surface area contributed by atoms with Crippen molar-refractivity contribution in [3.8, 4) is 11.5 Å². The van der Waals surface area contributed by atoms with Crippen molar-refractivity contribution in [3.05, 3.63) is 53.1 Å². The molecule has 0 aromatic heterocycles. The predicted molar refractivity (Wildman–Crippen MR) is 119 cm³/mol. The number of carboxylic acid groups (broad SMARTS) is 2. The number of nitrogens with one attached hydrogen (secondary N) is 1. The summed E-state index contributed by atoms with van der Waals surface area (Å²) in [5.74, 6) is -2.46. The van der Waals surface area contributed by atoms with Gasteiger partial charge >= 0.3 is 11.9 Å². The molecule has 178 valence electrons. The normalized spacial score (nSPS) is 10.5. The highest BCUT2D eigenvalue weighted by molar-refractivity contribution is 6.06. The van der Waals surface area contributed by atoms with Gasteiger partial charge in [-0.05, 0) is 50.2 Å². The van der Waals surface area contributed by atoms with Crippen LogP contribution in [0.5, 0.6) is 11.5 Å². The van der Waals surface area contributed by atoms with E-state index in [1.165, 1.54) is 24.3 Å². The maximum atomic E-state index is 12.8. The molecule has 3 N–H and O–H groups in total. The average Bonchev–Trinajstić information content (AvgIpc) is 2.79. The summed E-state index contributed by atoms with van der Waals surface area (Å²) >= 11 is 0. The average molecular weight is 461 g/mol. The third-order valence-electron chi connectivity index (χ3n) is 4.27. The molecule has 0 aliphatic carbocycles. The Balaban J connectivity index is 2.22. The summed E-state index contributed by atoms with van der Waals surface area (Å²) in [6.07, 6.45) is 0. The van der Waals surface area contributed by atoms with E-state index in [1.54, 1.807) is 6.07 Å². The number of hydrogen-bond acceptors (Lipinski definition) is 7. The maximum Gasteiger partial charge on any atom is 0.335 e. The molecule has 2 rings (SSSR count). The Hall–Kier alpha value is -3.63. The first-order chi connectivity index (χ1) is 15.8. The minimum atomic E-state index is -1.31. The molecule has 0 fully saturated rings. The van der Waals surface area contributed by atoms with Crippen LogP contribution in [0.25, 0.3) is 0 Å². The van der Waals surface area contributed by atoms with Crippen molar-refractivity contribution in [1.82, 2.24) is 0 Å². The fourth-order valence-electron chi connectivity index (χ4n) is 2.74. The fourth-order valence-corrected chi connectivity index (χ4v) is 2.74. The van der Waals surface area contributed by atoms with Crippen molar-refractivity contribution in [2.75, 3.05) is 45.0 Å². The van der Waals surface area contributed by atoms with Gasteiger partial charge in [-0.1, -0.05) is 0 Å². The Labute approximate surface area is 191 Å². The van der Waals surface area contributed by atoms with Gasteiger partial charge in [-0.3, -0.25) is 4.79 Å². The summed E-state index contributed by atoms with van der Waals surface area (Å²) in [5.41, 5.74) is -0.282. The van der Waals surface area contributed by atoms with Gasteiger partial charge in [-0.2, -0.15) is 0 Å². The summed E-state index contributed by atoms with van der Waals surface area (Å²) in [6.45, 7) is 6.12. The van der Waals surface area contributed by atoms with Gasteiger partial charge in [0, 0.05) is 24.5 Å². The van der Waals surface area contributed by atoms with Gasteiger partial charge in [0.25, 0.3) is 5.91 Å². The molecule has 0 spiro atoms. The van der Waals surface area contributed by atoms with E-state index in [-0.39, 0.29) is 29.0 Å². The molecule has 0 saturated carbocycles. The minimum Gasteiger partial charge on any atom is -0.487 e. The summed E-state index contributed by atoms with van der Waals surface area (Å²) in [4.78, 5) is 35.3. The number of ether oxygens (including phenoxy) is 4. The highest BCUT2D eigenvalue weighted by atomic mass is 16.6. The van der Waals surface area contributed by atoms with Crippen LogP contribution in [0, 0.1) is 0 Å². The molecule has 33 heavy (non-hydrogen) atoms. The lowest BCUT2D eigenvalue weighted by atomic mass is 10.1. The van der Waals surface area contributed by atoms with E-state index in [1.807, 2.05) is 13.8 Å². The summed E-state index contributed by atoms with van der Waals surface area (Å²) in [5, 5.41) is 20.9. The largest absolute Gasteiger partial charge is 0.487 e. The third kappa shape index (κ3) is 8.09. The van der Waals surface area contributed by atoms with Gasteiger partial charge in [0.15, 0.2) is 11.5 Å². The molecule has 0 bridgehead atoms. The van der Waals surface area contributed by atoms with Crippen LogP contribution in [-0.2, 0) is 9.47 Å². The molecular formula is C23H27NO9. The van der Waals surface area contributed by atoms with Crippen LogP contribution in [0.2, 0.25) is 0 Å². The lowest BCUT2D eigenvalue weighted by Crippen LogP contribution is -2.15. The molecular weight excluding hydrogens is 434 g/mol. The van der Waals surface area contributed by atoms with E-state index in [9.17, 15) is 24.6 Å². The monoisotopic (exact) mass is 461 g/mol. The molecule has 10 nitrogen and oxygen atoms in total. The van der Waals surface area contributed by atoms with Crippen LogP contribution >= 0.6 is 0 Å². The fraction of sp³-hybridized carbons (Fsp3) is 0.348. The van der Waals surface area contributed by atoms with Crippen molar-refractivity contribution in [1.29, 1.82) is 0 Å². The van der Waals surface area contributed by atoms with Crippen molar-refractivity contribution in [2.24, 2.45) is 0 Å².